The molecule has 0 fully saturated rings. The summed E-state index contributed by atoms with van der Waals surface area (Å²) in [6.45, 7) is 5.92. The van der Waals surface area contributed by atoms with Crippen molar-refractivity contribution in [2.45, 2.75) is 26.7 Å². The number of hydrogen-bond acceptors (Lipinski definition) is 3. The van der Waals surface area contributed by atoms with E-state index in [9.17, 15) is 4.79 Å². The zero-order valence-corrected chi connectivity index (χ0v) is 9.57. The molecule has 0 aliphatic carbocycles. The minimum absolute atomic E-state index is 0.149. The van der Waals surface area contributed by atoms with Gasteiger partial charge in [-0.25, -0.2) is 4.98 Å². The molecule has 0 atom stereocenters. The first-order valence-electron chi connectivity index (χ1n) is 5.23. The van der Waals surface area contributed by atoms with Crippen LogP contribution >= 0.6 is 0 Å². The standard InChI is InChI=1S/C12H14N2O2/c1-7(2)9-6-10(15)14-12(13-9)11-8(3)4-5-16-11/h4-7H,1-3H3,(H,13,14,15). The second kappa shape index (κ2) is 3.96. The molecule has 4 heteroatoms. The maximum Gasteiger partial charge on any atom is 0.251 e. The summed E-state index contributed by atoms with van der Waals surface area (Å²) in [5, 5.41) is 0. The van der Waals surface area contributed by atoms with Gasteiger partial charge in [-0.2, -0.15) is 0 Å². The van der Waals surface area contributed by atoms with Gasteiger partial charge in [0.25, 0.3) is 5.56 Å². The average Bonchev–Trinajstić information content (AvgIpc) is 2.63. The molecule has 0 radical (unpaired) electrons. The normalized spacial score (nSPS) is 11.0. The molecular formula is C12H14N2O2. The Bertz CT molecular complexity index is 552. The van der Waals surface area contributed by atoms with Gasteiger partial charge in [0, 0.05) is 6.07 Å². The van der Waals surface area contributed by atoms with Gasteiger partial charge in [0.1, 0.15) is 0 Å². The molecule has 0 amide bonds. The highest BCUT2D eigenvalue weighted by Gasteiger charge is 2.11. The topological polar surface area (TPSA) is 58.9 Å². The van der Waals surface area contributed by atoms with Crippen molar-refractivity contribution in [3.63, 3.8) is 0 Å². The first kappa shape index (κ1) is 10.7. The molecule has 2 aromatic heterocycles. The molecule has 0 bridgehead atoms. The number of aromatic nitrogens is 2. The summed E-state index contributed by atoms with van der Waals surface area (Å²) < 4.78 is 5.31. The van der Waals surface area contributed by atoms with Crippen molar-refractivity contribution in [2.75, 3.05) is 0 Å². The van der Waals surface area contributed by atoms with Crippen LogP contribution in [0.3, 0.4) is 0 Å². The fraction of sp³-hybridized carbons (Fsp3) is 0.333. The lowest BCUT2D eigenvalue weighted by Crippen LogP contribution is -2.11. The van der Waals surface area contributed by atoms with Crippen molar-refractivity contribution in [1.82, 2.24) is 9.97 Å². The van der Waals surface area contributed by atoms with Crippen molar-refractivity contribution in [1.29, 1.82) is 0 Å². The Morgan fingerprint density at radius 3 is 2.75 bits per heavy atom. The second-order valence-electron chi connectivity index (χ2n) is 4.11. The first-order valence-corrected chi connectivity index (χ1v) is 5.23. The van der Waals surface area contributed by atoms with Crippen molar-refractivity contribution in [2.24, 2.45) is 0 Å². The number of furan rings is 1. The van der Waals surface area contributed by atoms with E-state index in [1.807, 2.05) is 26.8 Å². The van der Waals surface area contributed by atoms with Crippen LogP contribution in [0.15, 0.2) is 27.6 Å². The van der Waals surface area contributed by atoms with Gasteiger partial charge >= 0.3 is 0 Å². The summed E-state index contributed by atoms with van der Waals surface area (Å²) in [6, 6.07) is 3.36. The first-order chi connectivity index (χ1) is 7.58. The molecule has 4 nitrogen and oxygen atoms in total. The van der Waals surface area contributed by atoms with E-state index in [1.165, 1.54) is 6.07 Å². The molecule has 0 aliphatic heterocycles. The number of H-pyrrole nitrogens is 1. The van der Waals surface area contributed by atoms with Crippen LogP contribution in [-0.2, 0) is 0 Å². The van der Waals surface area contributed by atoms with E-state index in [-0.39, 0.29) is 11.5 Å². The molecule has 0 spiro atoms. The van der Waals surface area contributed by atoms with Gasteiger partial charge in [-0.05, 0) is 24.5 Å². The Morgan fingerprint density at radius 1 is 1.44 bits per heavy atom. The molecule has 84 valence electrons. The van der Waals surface area contributed by atoms with Crippen LogP contribution in [-0.4, -0.2) is 9.97 Å². The molecular weight excluding hydrogens is 204 g/mol. The lowest BCUT2D eigenvalue weighted by Gasteiger charge is -2.05. The quantitative estimate of drug-likeness (QED) is 0.842. The maximum absolute atomic E-state index is 11.5. The van der Waals surface area contributed by atoms with Gasteiger partial charge in [0.2, 0.25) is 0 Å². The fourth-order valence-electron chi connectivity index (χ4n) is 1.50. The van der Waals surface area contributed by atoms with E-state index in [4.69, 9.17) is 4.42 Å². The largest absolute Gasteiger partial charge is 0.461 e. The molecule has 1 N–H and O–H groups in total. The number of aryl methyl sites for hydroxylation is 1. The van der Waals surface area contributed by atoms with Gasteiger partial charge in [-0.15, -0.1) is 0 Å². The summed E-state index contributed by atoms with van der Waals surface area (Å²) in [7, 11) is 0. The molecule has 2 rings (SSSR count). The third kappa shape index (κ3) is 1.91. The Kier molecular flexibility index (Phi) is 2.64. The Hall–Kier alpha value is -1.84. The minimum atomic E-state index is -0.149. The van der Waals surface area contributed by atoms with Crippen LogP contribution in [0, 0.1) is 6.92 Å². The second-order valence-corrected chi connectivity index (χ2v) is 4.11. The van der Waals surface area contributed by atoms with E-state index < -0.39 is 0 Å². The highest BCUT2D eigenvalue weighted by Crippen LogP contribution is 2.21. The minimum Gasteiger partial charge on any atom is -0.461 e. The van der Waals surface area contributed by atoms with E-state index >= 15 is 0 Å². The number of aromatic amines is 1. The zero-order valence-electron chi connectivity index (χ0n) is 9.57. The predicted molar refractivity (Wildman–Crippen MR) is 61.4 cm³/mol. The van der Waals surface area contributed by atoms with Crippen molar-refractivity contribution < 1.29 is 4.42 Å². The smallest absolute Gasteiger partial charge is 0.251 e. The van der Waals surface area contributed by atoms with Crippen LogP contribution in [0.25, 0.3) is 11.6 Å². The van der Waals surface area contributed by atoms with Crippen molar-refractivity contribution in [3.05, 3.63) is 40.0 Å². The SMILES string of the molecule is Cc1ccoc1-c1nc(C(C)C)cc(=O)[nH]1. The van der Waals surface area contributed by atoms with Crippen LogP contribution in [0.4, 0.5) is 0 Å². The summed E-state index contributed by atoms with van der Waals surface area (Å²) in [5.41, 5.74) is 1.59. The molecule has 0 unspecified atom stereocenters. The highest BCUT2D eigenvalue weighted by atomic mass is 16.3. The van der Waals surface area contributed by atoms with E-state index in [0.29, 0.717) is 11.6 Å². The average molecular weight is 218 g/mol. The Labute approximate surface area is 93.3 Å². The molecule has 0 saturated carbocycles. The number of nitrogens with zero attached hydrogens (tertiary/aromatic N) is 1. The molecule has 2 heterocycles. The number of nitrogens with one attached hydrogen (secondary N) is 1. The molecule has 0 saturated heterocycles. The van der Waals surface area contributed by atoms with Crippen LogP contribution in [0.5, 0.6) is 0 Å². The summed E-state index contributed by atoms with van der Waals surface area (Å²) in [6.07, 6.45) is 1.59. The lowest BCUT2D eigenvalue weighted by atomic mass is 10.1. The van der Waals surface area contributed by atoms with Crippen molar-refractivity contribution in [3.8, 4) is 11.6 Å². The zero-order chi connectivity index (χ0) is 11.7. The summed E-state index contributed by atoms with van der Waals surface area (Å²) >= 11 is 0. The lowest BCUT2D eigenvalue weighted by molar-refractivity contribution is 0.574. The third-order valence-corrected chi connectivity index (χ3v) is 2.43. The Morgan fingerprint density at radius 2 is 2.19 bits per heavy atom. The van der Waals surface area contributed by atoms with E-state index in [0.717, 1.165) is 11.3 Å². The van der Waals surface area contributed by atoms with Crippen LogP contribution < -0.4 is 5.56 Å². The van der Waals surface area contributed by atoms with Crippen molar-refractivity contribution >= 4 is 0 Å². The van der Waals surface area contributed by atoms with Gasteiger partial charge in [-0.1, -0.05) is 13.8 Å². The molecule has 16 heavy (non-hydrogen) atoms. The number of hydrogen-bond donors (Lipinski definition) is 1. The molecule has 0 aliphatic rings. The molecule has 0 aromatic carbocycles. The van der Waals surface area contributed by atoms with E-state index in [2.05, 4.69) is 9.97 Å². The van der Waals surface area contributed by atoms with Gasteiger partial charge < -0.3 is 9.40 Å². The van der Waals surface area contributed by atoms with Gasteiger partial charge in [0.15, 0.2) is 11.6 Å². The highest BCUT2D eigenvalue weighted by molar-refractivity contribution is 5.51. The summed E-state index contributed by atoms with van der Waals surface area (Å²) in [4.78, 5) is 18.6. The third-order valence-electron chi connectivity index (χ3n) is 2.43. The fourth-order valence-corrected chi connectivity index (χ4v) is 1.50. The maximum atomic E-state index is 11.5. The summed E-state index contributed by atoms with van der Waals surface area (Å²) in [5.74, 6) is 1.34. The van der Waals surface area contributed by atoms with E-state index in [1.54, 1.807) is 6.26 Å². The van der Waals surface area contributed by atoms with Gasteiger partial charge in [0.05, 0.1) is 12.0 Å². The van der Waals surface area contributed by atoms with Gasteiger partial charge in [-0.3, -0.25) is 4.79 Å². The van der Waals surface area contributed by atoms with Crippen LogP contribution in [0.1, 0.15) is 31.0 Å². The molecule has 2 aromatic rings. The predicted octanol–water partition coefficient (Wildman–Crippen LogP) is 2.46. The van der Waals surface area contributed by atoms with Crippen LogP contribution in [0.2, 0.25) is 0 Å². The monoisotopic (exact) mass is 218 g/mol. The number of rotatable bonds is 2. The Balaban J connectivity index is 2.58.